The zero-order valence-corrected chi connectivity index (χ0v) is 13.4. The van der Waals surface area contributed by atoms with E-state index in [9.17, 15) is 0 Å². The Morgan fingerprint density at radius 2 is 1.92 bits per heavy atom. The number of nitrogens with zero attached hydrogens (tertiary/aromatic N) is 6. The van der Waals surface area contributed by atoms with Crippen LogP contribution in [0.4, 0.5) is 0 Å². The third-order valence-electron chi connectivity index (χ3n) is 3.80. The lowest BCUT2D eigenvalue weighted by molar-refractivity contribution is 0.415. The number of ether oxygens (including phenoxy) is 1. The fraction of sp³-hybridized carbons (Fsp3) is 0.176. The van der Waals surface area contributed by atoms with E-state index >= 15 is 0 Å². The summed E-state index contributed by atoms with van der Waals surface area (Å²) in [6.07, 6.45) is 6.01. The van der Waals surface area contributed by atoms with Gasteiger partial charge in [0.1, 0.15) is 23.4 Å². The molecule has 0 aliphatic rings. The van der Waals surface area contributed by atoms with E-state index in [1.807, 2.05) is 48.1 Å². The average Bonchev–Trinajstić information content (AvgIpc) is 3.21. The van der Waals surface area contributed by atoms with Gasteiger partial charge in [0, 0.05) is 18.9 Å². The van der Waals surface area contributed by atoms with E-state index in [-0.39, 0.29) is 0 Å². The smallest absolute Gasteiger partial charge is 0.168 e. The van der Waals surface area contributed by atoms with Crippen molar-refractivity contribution in [3.8, 4) is 11.4 Å². The van der Waals surface area contributed by atoms with Gasteiger partial charge < -0.3 is 4.74 Å². The van der Waals surface area contributed by atoms with Crippen LogP contribution in [0.2, 0.25) is 0 Å². The number of hydrogen-bond donors (Lipinski definition) is 0. The Kier molecular flexibility index (Phi) is 3.45. The molecule has 0 fully saturated rings. The second-order valence-corrected chi connectivity index (χ2v) is 5.47. The monoisotopic (exact) mass is 320 g/mol. The highest BCUT2D eigenvalue weighted by molar-refractivity contribution is 5.72. The molecule has 4 rings (SSSR count). The van der Waals surface area contributed by atoms with Crippen LogP contribution in [-0.4, -0.2) is 36.4 Å². The lowest BCUT2D eigenvalue weighted by Crippen LogP contribution is -2.01. The number of aromatic nitrogens is 6. The first kappa shape index (κ1) is 14.4. The van der Waals surface area contributed by atoms with Crippen molar-refractivity contribution in [2.75, 3.05) is 7.11 Å². The number of benzene rings is 1. The Morgan fingerprint density at radius 1 is 1.08 bits per heavy atom. The van der Waals surface area contributed by atoms with Gasteiger partial charge >= 0.3 is 0 Å². The summed E-state index contributed by atoms with van der Waals surface area (Å²) in [4.78, 5) is 13.4. The number of aryl methyl sites for hydroxylation is 1. The Balaban J connectivity index is 1.72. The molecule has 3 heterocycles. The van der Waals surface area contributed by atoms with Gasteiger partial charge in [-0.1, -0.05) is 0 Å². The summed E-state index contributed by atoms with van der Waals surface area (Å²) in [6, 6.07) is 9.74. The summed E-state index contributed by atoms with van der Waals surface area (Å²) >= 11 is 0. The van der Waals surface area contributed by atoms with Crippen molar-refractivity contribution in [3.05, 3.63) is 60.6 Å². The average molecular weight is 320 g/mol. The van der Waals surface area contributed by atoms with Gasteiger partial charge in [0.15, 0.2) is 5.65 Å². The molecule has 0 aliphatic carbocycles. The third kappa shape index (κ3) is 2.60. The molecule has 0 aliphatic heterocycles. The predicted octanol–water partition coefficient (Wildman–Crippen LogP) is 2.15. The van der Waals surface area contributed by atoms with Crippen molar-refractivity contribution in [1.29, 1.82) is 0 Å². The van der Waals surface area contributed by atoms with Crippen LogP contribution in [0, 0.1) is 0 Å². The van der Waals surface area contributed by atoms with Crippen LogP contribution in [0.25, 0.3) is 16.9 Å². The summed E-state index contributed by atoms with van der Waals surface area (Å²) in [5.74, 6) is 1.53. The molecule has 3 aromatic heterocycles. The van der Waals surface area contributed by atoms with Gasteiger partial charge in [0.2, 0.25) is 0 Å². The second-order valence-electron chi connectivity index (χ2n) is 5.47. The predicted molar refractivity (Wildman–Crippen MR) is 89.2 cm³/mol. The van der Waals surface area contributed by atoms with Gasteiger partial charge in [0.25, 0.3) is 0 Å². The minimum Gasteiger partial charge on any atom is -0.497 e. The molecule has 0 saturated carbocycles. The highest BCUT2D eigenvalue weighted by Crippen LogP contribution is 2.19. The lowest BCUT2D eigenvalue weighted by Gasteiger charge is -2.05. The molecule has 4 aromatic rings. The van der Waals surface area contributed by atoms with E-state index in [2.05, 4.69) is 20.1 Å². The molecular weight excluding hydrogens is 304 g/mol. The fourth-order valence-corrected chi connectivity index (χ4v) is 2.58. The van der Waals surface area contributed by atoms with Crippen LogP contribution in [0.15, 0.2) is 49.1 Å². The number of hydrogen-bond acceptors (Lipinski definition) is 5. The number of rotatable bonds is 4. The van der Waals surface area contributed by atoms with Crippen molar-refractivity contribution in [2.24, 2.45) is 7.05 Å². The van der Waals surface area contributed by atoms with E-state index in [1.54, 1.807) is 24.3 Å². The third-order valence-corrected chi connectivity index (χ3v) is 3.80. The first-order valence-corrected chi connectivity index (χ1v) is 7.55. The molecule has 7 heteroatoms. The Morgan fingerprint density at radius 3 is 2.62 bits per heavy atom. The lowest BCUT2D eigenvalue weighted by atomic mass is 10.3. The number of fused-ring (bicyclic) bond motifs is 1. The molecule has 120 valence electrons. The molecule has 0 saturated heterocycles. The van der Waals surface area contributed by atoms with Gasteiger partial charge in [-0.3, -0.25) is 9.25 Å². The normalized spacial score (nSPS) is 11.1. The molecule has 1 aromatic carbocycles. The maximum Gasteiger partial charge on any atom is 0.168 e. The van der Waals surface area contributed by atoms with Crippen molar-refractivity contribution < 1.29 is 4.74 Å². The van der Waals surface area contributed by atoms with Crippen LogP contribution < -0.4 is 4.74 Å². The SMILES string of the molecule is COc1ccc(-n2cnc3cnc(Cc4ccn(C)n4)nc32)cc1. The van der Waals surface area contributed by atoms with E-state index in [1.165, 1.54) is 0 Å². The standard InChI is InChI=1S/C17H16N6O/c1-22-8-7-12(21-22)9-16-18-10-15-17(20-16)23(11-19-15)13-3-5-14(24-2)6-4-13/h3-8,10-11H,9H2,1-2H3. The Bertz CT molecular complexity index is 986. The second kappa shape index (κ2) is 5.77. The van der Waals surface area contributed by atoms with Gasteiger partial charge in [-0.15, -0.1) is 0 Å². The quantitative estimate of drug-likeness (QED) is 0.576. The van der Waals surface area contributed by atoms with Crippen molar-refractivity contribution in [3.63, 3.8) is 0 Å². The number of imidazole rings is 1. The molecule has 0 bridgehead atoms. The first-order chi connectivity index (χ1) is 11.7. The van der Waals surface area contributed by atoms with Crippen LogP contribution in [0.5, 0.6) is 5.75 Å². The zero-order valence-electron chi connectivity index (χ0n) is 13.4. The molecule has 24 heavy (non-hydrogen) atoms. The highest BCUT2D eigenvalue weighted by Gasteiger charge is 2.10. The van der Waals surface area contributed by atoms with Crippen LogP contribution >= 0.6 is 0 Å². The van der Waals surface area contributed by atoms with Gasteiger partial charge in [-0.05, 0) is 30.3 Å². The van der Waals surface area contributed by atoms with E-state index in [0.29, 0.717) is 6.42 Å². The Hall–Kier alpha value is -3.22. The van der Waals surface area contributed by atoms with Crippen LogP contribution in [-0.2, 0) is 13.5 Å². The summed E-state index contributed by atoms with van der Waals surface area (Å²) in [6.45, 7) is 0. The fourth-order valence-electron chi connectivity index (χ4n) is 2.58. The summed E-state index contributed by atoms with van der Waals surface area (Å²) in [5, 5.41) is 4.37. The van der Waals surface area contributed by atoms with E-state index < -0.39 is 0 Å². The number of methoxy groups -OCH3 is 1. The molecule has 0 radical (unpaired) electrons. The minimum atomic E-state index is 0.588. The highest BCUT2D eigenvalue weighted by atomic mass is 16.5. The van der Waals surface area contributed by atoms with Crippen molar-refractivity contribution in [1.82, 2.24) is 29.3 Å². The van der Waals surface area contributed by atoms with Crippen LogP contribution in [0.1, 0.15) is 11.5 Å². The molecular formula is C17H16N6O. The largest absolute Gasteiger partial charge is 0.497 e. The van der Waals surface area contributed by atoms with Gasteiger partial charge in [-0.25, -0.2) is 15.0 Å². The topological polar surface area (TPSA) is 70.7 Å². The van der Waals surface area contributed by atoms with E-state index in [0.717, 1.165) is 34.1 Å². The molecule has 7 nitrogen and oxygen atoms in total. The van der Waals surface area contributed by atoms with Gasteiger partial charge in [0.05, 0.1) is 25.4 Å². The minimum absolute atomic E-state index is 0.588. The first-order valence-electron chi connectivity index (χ1n) is 7.55. The van der Waals surface area contributed by atoms with Gasteiger partial charge in [-0.2, -0.15) is 5.10 Å². The van der Waals surface area contributed by atoms with Crippen molar-refractivity contribution in [2.45, 2.75) is 6.42 Å². The van der Waals surface area contributed by atoms with E-state index in [4.69, 9.17) is 4.74 Å². The molecule has 0 N–H and O–H groups in total. The maximum absolute atomic E-state index is 5.20. The van der Waals surface area contributed by atoms with Crippen LogP contribution in [0.3, 0.4) is 0 Å². The van der Waals surface area contributed by atoms with Crippen molar-refractivity contribution >= 4 is 11.2 Å². The molecule has 0 atom stereocenters. The maximum atomic E-state index is 5.20. The Labute approximate surface area is 138 Å². The molecule has 0 amide bonds. The summed E-state index contributed by atoms with van der Waals surface area (Å²) < 4.78 is 8.92. The molecule has 0 spiro atoms. The summed E-state index contributed by atoms with van der Waals surface area (Å²) in [5.41, 5.74) is 3.45. The molecule has 0 unspecified atom stereocenters. The summed E-state index contributed by atoms with van der Waals surface area (Å²) in [7, 11) is 3.55. The zero-order chi connectivity index (χ0) is 16.5.